The molecule has 1 aromatic rings. The van der Waals surface area contributed by atoms with Crippen LogP contribution in [0.15, 0.2) is 18.2 Å². The van der Waals surface area contributed by atoms with E-state index in [9.17, 15) is 0 Å². The number of hydrogen-bond acceptors (Lipinski definition) is 2. The van der Waals surface area contributed by atoms with E-state index in [0.29, 0.717) is 0 Å². The van der Waals surface area contributed by atoms with Crippen LogP contribution in [-0.4, -0.2) is 19.1 Å². The molecule has 3 heteroatoms. The maximum Gasteiger partial charge on any atom is 0.0459 e. The van der Waals surface area contributed by atoms with Gasteiger partial charge in [-0.15, -0.1) is 0 Å². The lowest BCUT2D eigenvalue weighted by Crippen LogP contribution is -2.36. The number of piperidine rings is 1. The Morgan fingerprint density at radius 1 is 1.40 bits per heavy atom. The zero-order chi connectivity index (χ0) is 14.5. The number of benzene rings is 1. The molecule has 2 nitrogen and oxygen atoms in total. The first kappa shape index (κ1) is 15.7. The predicted octanol–water partition coefficient (Wildman–Crippen LogP) is 4.25. The van der Waals surface area contributed by atoms with Gasteiger partial charge in [-0.05, 0) is 49.3 Å². The third-order valence-corrected chi connectivity index (χ3v) is 4.88. The van der Waals surface area contributed by atoms with Crippen molar-refractivity contribution in [2.45, 2.75) is 52.0 Å². The van der Waals surface area contributed by atoms with Gasteiger partial charge in [-0.2, -0.15) is 0 Å². The number of hydrogen-bond donors (Lipinski definition) is 1. The van der Waals surface area contributed by atoms with Gasteiger partial charge in [0.1, 0.15) is 0 Å². The number of anilines is 1. The Morgan fingerprint density at radius 2 is 2.20 bits per heavy atom. The van der Waals surface area contributed by atoms with E-state index in [1.165, 1.54) is 30.5 Å². The summed E-state index contributed by atoms with van der Waals surface area (Å²) in [5.74, 6) is 0.815. The van der Waals surface area contributed by atoms with E-state index in [1.54, 1.807) is 0 Å². The SMILES string of the molecule is CCC(N)Cc1c(Cl)cccc1N1CCCC(CC)C1. The van der Waals surface area contributed by atoms with Crippen molar-refractivity contribution in [2.75, 3.05) is 18.0 Å². The molecule has 0 radical (unpaired) electrons. The van der Waals surface area contributed by atoms with Crippen molar-refractivity contribution >= 4 is 17.3 Å². The highest BCUT2D eigenvalue weighted by molar-refractivity contribution is 6.31. The molecule has 2 rings (SSSR count). The van der Waals surface area contributed by atoms with E-state index in [4.69, 9.17) is 17.3 Å². The minimum absolute atomic E-state index is 0.195. The highest BCUT2D eigenvalue weighted by Gasteiger charge is 2.22. The molecular formula is C17H27ClN2. The summed E-state index contributed by atoms with van der Waals surface area (Å²) < 4.78 is 0. The molecule has 1 aliphatic heterocycles. The largest absolute Gasteiger partial charge is 0.371 e. The zero-order valence-corrected chi connectivity index (χ0v) is 13.5. The molecular weight excluding hydrogens is 268 g/mol. The maximum atomic E-state index is 6.44. The van der Waals surface area contributed by atoms with Crippen molar-refractivity contribution in [1.82, 2.24) is 0 Å². The topological polar surface area (TPSA) is 29.3 Å². The molecule has 2 unspecified atom stereocenters. The number of rotatable bonds is 5. The Kier molecular flexibility index (Phi) is 5.74. The first-order valence-electron chi connectivity index (χ1n) is 7.93. The second-order valence-electron chi connectivity index (χ2n) is 5.97. The third-order valence-electron chi connectivity index (χ3n) is 4.52. The molecule has 1 fully saturated rings. The molecule has 0 saturated carbocycles. The molecule has 0 aliphatic carbocycles. The van der Waals surface area contributed by atoms with Crippen LogP contribution in [0.1, 0.15) is 45.1 Å². The Labute approximate surface area is 128 Å². The number of nitrogens with two attached hydrogens (primary N) is 1. The van der Waals surface area contributed by atoms with Crippen LogP contribution in [0.4, 0.5) is 5.69 Å². The summed E-state index contributed by atoms with van der Waals surface area (Å²) >= 11 is 6.44. The van der Waals surface area contributed by atoms with Crippen molar-refractivity contribution in [3.8, 4) is 0 Å². The average Bonchev–Trinajstić information content (AvgIpc) is 2.49. The lowest BCUT2D eigenvalue weighted by atomic mass is 9.94. The second-order valence-corrected chi connectivity index (χ2v) is 6.38. The summed E-state index contributed by atoms with van der Waals surface area (Å²) in [6.45, 7) is 6.73. The maximum absolute atomic E-state index is 6.44. The first-order valence-corrected chi connectivity index (χ1v) is 8.31. The highest BCUT2D eigenvalue weighted by Crippen LogP contribution is 2.32. The Balaban J connectivity index is 2.23. The average molecular weight is 295 g/mol. The van der Waals surface area contributed by atoms with E-state index < -0.39 is 0 Å². The Hall–Kier alpha value is -0.730. The van der Waals surface area contributed by atoms with Crippen LogP contribution in [0, 0.1) is 5.92 Å². The van der Waals surface area contributed by atoms with Crippen molar-refractivity contribution in [1.29, 1.82) is 0 Å². The summed E-state index contributed by atoms with van der Waals surface area (Å²) in [7, 11) is 0. The van der Waals surface area contributed by atoms with Gasteiger partial charge in [-0.3, -0.25) is 0 Å². The molecule has 20 heavy (non-hydrogen) atoms. The highest BCUT2D eigenvalue weighted by atomic mass is 35.5. The van der Waals surface area contributed by atoms with Crippen molar-refractivity contribution < 1.29 is 0 Å². The van der Waals surface area contributed by atoms with Gasteiger partial charge in [0.2, 0.25) is 0 Å². The fourth-order valence-electron chi connectivity index (χ4n) is 3.07. The molecule has 1 aromatic carbocycles. The van der Waals surface area contributed by atoms with Crippen LogP contribution >= 0.6 is 11.6 Å². The van der Waals surface area contributed by atoms with Gasteiger partial charge >= 0.3 is 0 Å². The van der Waals surface area contributed by atoms with Crippen LogP contribution in [0.5, 0.6) is 0 Å². The number of nitrogens with zero attached hydrogens (tertiary/aromatic N) is 1. The van der Waals surface area contributed by atoms with Gasteiger partial charge < -0.3 is 10.6 Å². The molecule has 0 amide bonds. The van der Waals surface area contributed by atoms with Gasteiger partial charge in [0, 0.05) is 29.8 Å². The summed E-state index contributed by atoms with van der Waals surface area (Å²) in [5, 5.41) is 0.866. The summed E-state index contributed by atoms with van der Waals surface area (Å²) in [6, 6.07) is 6.46. The molecule has 0 bridgehead atoms. The van der Waals surface area contributed by atoms with Crippen LogP contribution < -0.4 is 10.6 Å². The molecule has 1 saturated heterocycles. The molecule has 2 atom stereocenters. The Bertz CT molecular complexity index is 433. The molecule has 0 spiro atoms. The predicted molar refractivity (Wildman–Crippen MR) is 88.7 cm³/mol. The van der Waals surface area contributed by atoms with E-state index in [-0.39, 0.29) is 6.04 Å². The minimum Gasteiger partial charge on any atom is -0.371 e. The molecule has 1 heterocycles. The van der Waals surface area contributed by atoms with Gasteiger partial charge in [0.25, 0.3) is 0 Å². The molecule has 1 aliphatic rings. The van der Waals surface area contributed by atoms with Gasteiger partial charge in [-0.25, -0.2) is 0 Å². The van der Waals surface area contributed by atoms with E-state index in [1.807, 2.05) is 6.07 Å². The quantitative estimate of drug-likeness (QED) is 0.880. The molecule has 2 N–H and O–H groups in total. The lowest BCUT2D eigenvalue weighted by molar-refractivity contribution is 0.404. The zero-order valence-electron chi connectivity index (χ0n) is 12.7. The minimum atomic E-state index is 0.195. The second kappa shape index (κ2) is 7.33. The summed E-state index contributed by atoms with van der Waals surface area (Å²) in [5.41, 5.74) is 8.69. The van der Waals surface area contributed by atoms with Crippen LogP contribution in [-0.2, 0) is 6.42 Å². The smallest absolute Gasteiger partial charge is 0.0459 e. The van der Waals surface area contributed by atoms with Gasteiger partial charge in [0.05, 0.1) is 0 Å². The van der Waals surface area contributed by atoms with Crippen LogP contribution in [0.25, 0.3) is 0 Å². The van der Waals surface area contributed by atoms with Crippen molar-refractivity contribution in [2.24, 2.45) is 11.7 Å². The lowest BCUT2D eigenvalue weighted by Gasteiger charge is -2.35. The molecule has 0 aromatic heterocycles. The van der Waals surface area contributed by atoms with Gasteiger partial charge in [-0.1, -0.05) is 37.9 Å². The van der Waals surface area contributed by atoms with E-state index in [2.05, 4.69) is 30.9 Å². The third kappa shape index (κ3) is 3.67. The first-order chi connectivity index (χ1) is 9.65. The van der Waals surface area contributed by atoms with Gasteiger partial charge in [0.15, 0.2) is 0 Å². The normalized spacial score (nSPS) is 21.0. The summed E-state index contributed by atoms with van der Waals surface area (Å²) in [6.07, 6.45) is 5.77. The monoisotopic (exact) mass is 294 g/mol. The Morgan fingerprint density at radius 3 is 2.90 bits per heavy atom. The van der Waals surface area contributed by atoms with Crippen molar-refractivity contribution in [3.05, 3.63) is 28.8 Å². The van der Waals surface area contributed by atoms with Crippen LogP contribution in [0.3, 0.4) is 0 Å². The van der Waals surface area contributed by atoms with Crippen LogP contribution in [0.2, 0.25) is 5.02 Å². The van der Waals surface area contributed by atoms with E-state index >= 15 is 0 Å². The fraction of sp³-hybridized carbons (Fsp3) is 0.647. The standard InChI is InChI=1S/C17H27ClN2/c1-3-13-7-6-10-20(12-13)17-9-5-8-16(18)15(17)11-14(19)4-2/h5,8-9,13-14H,3-4,6-7,10-12,19H2,1-2H3. The number of halogens is 1. The summed E-state index contributed by atoms with van der Waals surface area (Å²) in [4.78, 5) is 2.52. The van der Waals surface area contributed by atoms with E-state index in [0.717, 1.165) is 36.9 Å². The fourth-order valence-corrected chi connectivity index (χ4v) is 3.32. The molecule has 112 valence electrons. The van der Waals surface area contributed by atoms with Crippen molar-refractivity contribution in [3.63, 3.8) is 0 Å².